The number of hydrogen-bond acceptors (Lipinski definition) is 8. The second-order valence-corrected chi connectivity index (χ2v) is 6.65. The number of nitrogens with one attached hydrogen (secondary N) is 1. The molecule has 30 heavy (non-hydrogen) atoms. The number of amides is 1. The van der Waals surface area contributed by atoms with Crippen LogP contribution in [0, 0.1) is 0 Å². The minimum Gasteiger partial charge on any atom is -0.502 e. The Morgan fingerprint density at radius 2 is 1.83 bits per heavy atom. The van der Waals surface area contributed by atoms with E-state index in [9.17, 15) is 24.6 Å². The molecule has 1 atom stereocenters. The van der Waals surface area contributed by atoms with E-state index in [4.69, 9.17) is 9.47 Å². The summed E-state index contributed by atoms with van der Waals surface area (Å²) in [4.78, 5) is 38.7. The summed E-state index contributed by atoms with van der Waals surface area (Å²) in [5.41, 5.74) is -1.08. The van der Waals surface area contributed by atoms with Crippen LogP contribution in [-0.2, 0) is 11.8 Å². The van der Waals surface area contributed by atoms with Gasteiger partial charge in [0.05, 0.1) is 26.0 Å². The summed E-state index contributed by atoms with van der Waals surface area (Å²) in [6, 6.07) is 2.44. The molecular weight excluding hydrogens is 396 g/mol. The maximum absolute atomic E-state index is 12.5. The van der Waals surface area contributed by atoms with Gasteiger partial charge in [-0.15, -0.1) is 0 Å². The molecule has 0 unspecified atom stereocenters. The maximum Gasteiger partial charge on any atom is 0.330 e. The molecule has 1 aliphatic rings. The van der Waals surface area contributed by atoms with Gasteiger partial charge < -0.3 is 19.7 Å². The van der Waals surface area contributed by atoms with Gasteiger partial charge in [0, 0.05) is 19.9 Å². The van der Waals surface area contributed by atoms with Gasteiger partial charge in [-0.1, -0.05) is 6.92 Å². The van der Waals surface area contributed by atoms with Crippen molar-refractivity contribution >= 4 is 11.6 Å². The van der Waals surface area contributed by atoms with Gasteiger partial charge in [-0.25, -0.2) is 9.80 Å². The average Bonchev–Trinajstić information content (AvgIpc) is 3.16. The molecule has 0 aliphatic carbocycles. The summed E-state index contributed by atoms with van der Waals surface area (Å²) in [5, 5.41) is 26.0. The predicted octanol–water partition coefficient (Wildman–Crippen LogP) is 0.590. The fourth-order valence-electron chi connectivity index (χ4n) is 3.29. The molecule has 0 spiro atoms. The van der Waals surface area contributed by atoms with E-state index in [0.717, 1.165) is 4.57 Å². The number of ether oxygens (including phenoxy) is 2. The Bertz CT molecular complexity index is 1120. The third-order valence-corrected chi connectivity index (χ3v) is 4.94. The van der Waals surface area contributed by atoms with Crippen LogP contribution < -0.4 is 20.7 Å². The van der Waals surface area contributed by atoms with Crippen LogP contribution in [0.2, 0.25) is 0 Å². The Balaban J connectivity index is 2.14. The maximum atomic E-state index is 12.5. The molecule has 1 aromatic carbocycles. The number of aromatic amines is 1. The fraction of sp³-hybridized carbons (Fsp3) is 0.368. The van der Waals surface area contributed by atoms with Crippen molar-refractivity contribution < 1.29 is 24.5 Å². The van der Waals surface area contributed by atoms with Crippen LogP contribution in [0.3, 0.4) is 0 Å². The number of aromatic hydroxyl groups is 2. The second-order valence-electron chi connectivity index (χ2n) is 6.65. The summed E-state index contributed by atoms with van der Waals surface area (Å²) < 4.78 is 11.2. The summed E-state index contributed by atoms with van der Waals surface area (Å²) in [6.45, 7) is 1.67. The van der Waals surface area contributed by atoms with E-state index in [-0.39, 0.29) is 47.3 Å². The van der Waals surface area contributed by atoms with Crippen molar-refractivity contribution in [3.05, 3.63) is 44.1 Å². The number of benzene rings is 1. The lowest BCUT2D eigenvalue weighted by molar-refractivity contribution is -0.132. The van der Waals surface area contributed by atoms with Crippen molar-refractivity contribution in [1.29, 1.82) is 0 Å². The Labute approximate surface area is 170 Å². The minimum atomic E-state index is -0.806. The molecule has 160 valence electrons. The van der Waals surface area contributed by atoms with Crippen LogP contribution in [0.25, 0.3) is 0 Å². The third kappa shape index (κ3) is 3.38. The number of hydrogen-bond donors (Lipinski definition) is 3. The molecule has 11 heteroatoms. The van der Waals surface area contributed by atoms with E-state index in [0.29, 0.717) is 5.56 Å². The van der Waals surface area contributed by atoms with E-state index in [1.54, 1.807) is 19.1 Å². The Kier molecular flexibility index (Phi) is 5.54. The smallest absolute Gasteiger partial charge is 0.330 e. The first-order valence-electron chi connectivity index (χ1n) is 9.10. The van der Waals surface area contributed by atoms with Crippen LogP contribution in [0.15, 0.2) is 26.8 Å². The molecule has 0 fully saturated rings. The number of rotatable bonds is 5. The highest BCUT2D eigenvalue weighted by atomic mass is 16.5. The number of carbonyl (C=O) groups excluding carboxylic acids is 1. The fourth-order valence-corrected chi connectivity index (χ4v) is 3.29. The molecule has 1 aromatic heterocycles. The van der Waals surface area contributed by atoms with E-state index in [1.807, 2.05) is 0 Å². The molecule has 0 saturated carbocycles. The monoisotopic (exact) mass is 418 g/mol. The Morgan fingerprint density at radius 3 is 2.37 bits per heavy atom. The second kappa shape index (κ2) is 7.93. The van der Waals surface area contributed by atoms with Crippen molar-refractivity contribution in [2.75, 3.05) is 14.2 Å². The number of aromatic nitrogens is 2. The molecule has 0 bridgehead atoms. The van der Waals surface area contributed by atoms with Gasteiger partial charge in [0.25, 0.3) is 5.56 Å². The standard InChI is InChI=1S/C19H22N4O7/c1-5-14(24)23-11(9-6-12(29-3)16(25)13(7-9)30-4)8-10(21-23)15-17(26)20-19(28)22(2)18(15)27/h6-7,11,25,27H,5,8H2,1-4H3,(H,20,26,28)/t11-/m0/s1. The van der Waals surface area contributed by atoms with Crippen molar-refractivity contribution in [3.8, 4) is 23.1 Å². The lowest BCUT2D eigenvalue weighted by Crippen LogP contribution is -2.32. The van der Waals surface area contributed by atoms with Gasteiger partial charge in [-0.2, -0.15) is 5.10 Å². The molecule has 3 rings (SSSR count). The number of carbonyl (C=O) groups is 1. The number of hydrazone groups is 1. The number of H-pyrrole nitrogens is 1. The highest BCUT2D eigenvalue weighted by molar-refractivity contribution is 6.04. The zero-order chi connectivity index (χ0) is 22.2. The van der Waals surface area contributed by atoms with Crippen LogP contribution in [0.5, 0.6) is 23.1 Å². The van der Waals surface area contributed by atoms with Gasteiger partial charge >= 0.3 is 5.69 Å². The van der Waals surface area contributed by atoms with E-state index in [1.165, 1.54) is 26.3 Å². The third-order valence-electron chi connectivity index (χ3n) is 4.94. The summed E-state index contributed by atoms with van der Waals surface area (Å²) in [5.74, 6) is -0.771. The number of nitrogens with zero attached hydrogens (tertiary/aromatic N) is 3. The van der Waals surface area contributed by atoms with Crippen molar-refractivity contribution in [2.24, 2.45) is 12.1 Å². The molecule has 3 N–H and O–H groups in total. The topological polar surface area (TPSA) is 146 Å². The predicted molar refractivity (Wildman–Crippen MR) is 106 cm³/mol. The van der Waals surface area contributed by atoms with Gasteiger partial charge in [-0.05, 0) is 17.7 Å². The lowest BCUT2D eigenvalue weighted by atomic mass is 9.98. The quantitative estimate of drug-likeness (QED) is 0.644. The van der Waals surface area contributed by atoms with Crippen LogP contribution >= 0.6 is 0 Å². The van der Waals surface area contributed by atoms with Gasteiger partial charge in [-0.3, -0.25) is 19.1 Å². The molecule has 0 radical (unpaired) electrons. The summed E-state index contributed by atoms with van der Waals surface area (Å²) in [7, 11) is 4.06. The molecule has 1 amide bonds. The molecule has 1 aliphatic heterocycles. The SMILES string of the molecule is CCC(=O)N1N=C(c2c(O)n(C)c(=O)[nH]c2=O)C[C@H]1c1cc(OC)c(O)c(OC)c1. The van der Waals surface area contributed by atoms with Gasteiger partial charge in [0.15, 0.2) is 11.5 Å². The average molecular weight is 418 g/mol. The van der Waals surface area contributed by atoms with Gasteiger partial charge in [0.1, 0.15) is 5.56 Å². The van der Waals surface area contributed by atoms with E-state index >= 15 is 0 Å². The normalized spacial score (nSPS) is 15.8. The van der Waals surface area contributed by atoms with Crippen LogP contribution in [0.1, 0.15) is 36.9 Å². The van der Waals surface area contributed by atoms with E-state index < -0.39 is 23.2 Å². The summed E-state index contributed by atoms with van der Waals surface area (Å²) >= 11 is 0. The highest BCUT2D eigenvalue weighted by Crippen LogP contribution is 2.42. The van der Waals surface area contributed by atoms with Gasteiger partial charge in [0.2, 0.25) is 17.5 Å². The summed E-state index contributed by atoms with van der Waals surface area (Å²) in [6.07, 6.45) is 0.229. The highest BCUT2D eigenvalue weighted by Gasteiger charge is 2.36. The minimum absolute atomic E-state index is 0.0810. The van der Waals surface area contributed by atoms with Crippen LogP contribution in [0.4, 0.5) is 0 Å². The molecule has 11 nitrogen and oxygen atoms in total. The molecule has 2 aromatic rings. The largest absolute Gasteiger partial charge is 0.502 e. The first-order chi connectivity index (χ1) is 14.2. The first-order valence-corrected chi connectivity index (χ1v) is 9.10. The number of methoxy groups -OCH3 is 2. The zero-order valence-corrected chi connectivity index (χ0v) is 16.9. The lowest BCUT2D eigenvalue weighted by Gasteiger charge is -2.23. The van der Waals surface area contributed by atoms with Crippen molar-refractivity contribution in [3.63, 3.8) is 0 Å². The molecular formula is C19H22N4O7. The molecule has 2 heterocycles. The number of phenols is 1. The van der Waals surface area contributed by atoms with Crippen LogP contribution in [-0.4, -0.2) is 50.6 Å². The number of phenolic OH excluding ortho intramolecular Hbond substituents is 1. The molecule has 0 saturated heterocycles. The first kappa shape index (κ1) is 21.0. The zero-order valence-electron chi connectivity index (χ0n) is 16.9. The van der Waals surface area contributed by atoms with Crippen molar-refractivity contribution in [2.45, 2.75) is 25.8 Å². The van der Waals surface area contributed by atoms with E-state index in [2.05, 4.69) is 10.1 Å². The Hall–Kier alpha value is -3.76. The Morgan fingerprint density at radius 1 is 1.23 bits per heavy atom. The van der Waals surface area contributed by atoms with Crippen molar-refractivity contribution in [1.82, 2.24) is 14.6 Å².